The van der Waals surface area contributed by atoms with Crippen molar-refractivity contribution in [2.75, 3.05) is 7.11 Å². The minimum absolute atomic E-state index is 0. The number of hydrogen-bond acceptors (Lipinski definition) is 4. The van der Waals surface area contributed by atoms with E-state index in [0.29, 0.717) is 12.3 Å². The number of amides is 1. The van der Waals surface area contributed by atoms with Gasteiger partial charge in [-0.15, -0.1) is 12.4 Å². The third-order valence-electron chi connectivity index (χ3n) is 4.59. The van der Waals surface area contributed by atoms with Crippen molar-refractivity contribution in [2.45, 2.75) is 62.9 Å². The van der Waals surface area contributed by atoms with Gasteiger partial charge in [0.15, 0.2) is 0 Å². The van der Waals surface area contributed by atoms with Crippen LogP contribution < -0.4 is 11.1 Å². The second-order valence-corrected chi connectivity index (χ2v) is 5.99. The molecule has 2 aliphatic carbocycles. The van der Waals surface area contributed by atoms with E-state index in [1.54, 1.807) is 0 Å². The molecule has 20 heavy (non-hydrogen) atoms. The summed E-state index contributed by atoms with van der Waals surface area (Å²) in [6.45, 7) is 0. The molecule has 0 aliphatic heterocycles. The van der Waals surface area contributed by atoms with Crippen LogP contribution >= 0.6 is 12.4 Å². The molecule has 5 nitrogen and oxygen atoms in total. The SMILES string of the molecule is COC(=O)CC1(NC(=O)C[C@@H]2CCC[C@H]2N)CCC1.Cl. The summed E-state index contributed by atoms with van der Waals surface area (Å²) in [6, 6.07) is 0.156. The lowest BCUT2D eigenvalue weighted by Gasteiger charge is -2.42. The molecule has 1 amide bonds. The van der Waals surface area contributed by atoms with Gasteiger partial charge in [-0.05, 0) is 38.0 Å². The van der Waals surface area contributed by atoms with Gasteiger partial charge in [-0.2, -0.15) is 0 Å². The van der Waals surface area contributed by atoms with Crippen LogP contribution in [0.3, 0.4) is 0 Å². The summed E-state index contributed by atoms with van der Waals surface area (Å²) >= 11 is 0. The number of carbonyl (C=O) groups excluding carboxylic acids is 2. The summed E-state index contributed by atoms with van der Waals surface area (Å²) in [6.07, 6.45) is 6.74. The van der Waals surface area contributed by atoms with Gasteiger partial charge in [0.05, 0.1) is 19.1 Å². The fraction of sp³-hybridized carbons (Fsp3) is 0.857. The van der Waals surface area contributed by atoms with Crippen LogP contribution in [0, 0.1) is 5.92 Å². The number of nitrogens with one attached hydrogen (secondary N) is 1. The van der Waals surface area contributed by atoms with Crippen molar-refractivity contribution in [1.82, 2.24) is 5.32 Å². The minimum Gasteiger partial charge on any atom is -0.469 e. The van der Waals surface area contributed by atoms with E-state index in [1.165, 1.54) is 7.11 Å². The molecule has 0 aromatic heterocycles. The highest BCUT2D eigenvalue weighted by molar-refractivity contribution is 5.85. The number of nitrogens with two attached hydrogens (primary N) is 1. The van der Waals surface area contributed by atoms with Crippen LogP contribution in [-0.4, -0.2) is 30.6 Å². The minimum atomic E-state index is -0.354. The maximum atomic E-state index is 12.1. The molecule has 0 aromatic rings. The van der Waals surface area contributed by atoms with Crippen LogP contribution in [0.1, 0.15) is 51.4 Å². The zero-order valence-electron chi connectivity index (χ0n) is 12.0. The van der Waals surface area contributed by atoms with Crippen LogP contribution in [-0.2, 0) is 14.3 Å². The van der Waals surface area contributed by atoms with Crippen molar-refractivity contribution in [3.05, 3.63) is 0 Å². The molecule has 2 atom stereocenters. The maximum Gasteiger partial charge on any atom is 0.307 e. The molecule has 0 bridgehead atoms. The standard InChI is InChI=1S/C14H24N2O3.ClH/c1-19-13(18)9-14(6-3-7-14)16-12(17)8-10-4-2-5-11(10)15;/h10-11H,2-9,15H2,1H3,(H,16,17);1H/t10-,11+;/m0./s1. The zero-order valence-corrected chi connectivity index (χ0v) is 12.8. The Hall–Kier alpha value is -0.810. The van der Waals surface area contributed by atoms with Crippen LogP contribution in [0.4, 0.5) is 0 Å². The van der Waals surface area contributed by atoms with E-state index >= 15 is 0 Å². The van der Waals surface area contributed by atoms with Gasteiger partial charge in [0.25, 0.3) is 0 Å². The molecule has 0 unspecified atom stereocenters. The number of esters is 1. The van der Waals surface area contributed by atoms with E-state index < -0.39 is 0 Å². The number of rotatable bonds is 5. The summed E-state index contributed by atoms with van der Waals surface area (Å²) in [5, 5.41) is 3.05. The molecule has 116 valence electrons. The monoisotopic (exact) mass is 304 g/mol. The second kappa shape index (κ2) is 7.27. The lowest BCUT2D eigenvalue weighted by atomic mass is 9.74. The van der Waals surface area contributed by atoms with Gasteiger partial charge in [0, 0.05) is 12.5 Å². The number of carbonyl (C=O) groups is 2. The van der Waals surface area contributed by atoms with Gasteiger partial charge >= 0.3 is 5.97 Å². The molecule has 2 aliphatic rings. The van der Waals surface area contributed by atoms with E-state index in [0.717, 1.165) is 38.5 Å². The first-order chi connectivity index (χ1) is 9.04. The first-order valence-electron chi connectivity index (χ1n) is 7.18. The van der Waals surface area contributed by atoms with Gasteiger partial charge in [-0.3, -0.25) is 9.59 Å². The fourth-order valence-corrected chi connectivity index (χ4v) is 3.20. The molecule has 0 saturated heterocycles. The largest absolute Gasteiger partial charge is 0.469 e. The van der Waals surface area contributed by atoms with Crippen molar-refractivity contribution < 1.29 is 14.3 Å². The van der Waals surface area contributed by atoms with Gasteiger partial charge in [-0.1, -0.05) is 6.42 Å². The molecule has 0 aromatic carbocycles. The van der Waals surface area contributed by atoms with Crippen molar-refractivity contribution in [2.24, 2.45) is 11.7 Å². The summed E-state index contributed by atoms with van der Waals surface area (Å²) < 4.78 is 4.70. The average molecular weight is 305 g/mol. The predicted molar refractivity (Wildman–Crippen MR) is 78.5 cm³/mol. The van der Waals surface area contributed by atoms with E-state index in [4.69, 9.17) is 10.5 Å². The van der Waals surface area contributed by atoms with Crippen LogP contribution in [0.25, 0.3) is 0 Å². The number of methoxy groups -OCH3 is 1. The Balaban J connectivity index is 0.00000200. The smallest absolute Gasteiger partial charge is 0.307 e. The Bertz CT molecular complexity index is 358. The van der Waals surface area contributed by atoms with Crippen molar-refractivity contribution in [3.63, 3.8) is 0 Å². The number of hydrogen-bond donors (Lipinski definition) is 2. The van der Waals surface area contributed by atoms with E-state index in [1.807, 2.05) is 0 Å². The summed E-state index contributed by atoms with van der Waals surface area (Å²) in [7, 11) is 1.38. The van der Waals surface area contributed by atoms with Crippen molar-refractivity contribution in [1.29, 1.82) is 0 Å². The van der Waals surface area contributed by atoms with Crippen molar-refractivity contribution >= 4 is 24.3 Å². The molecule has 0 spiro atoms. The van der Waals surface area contributed by atoms with Crippen LogP contribution in [0.5, 0.6) is 0 Å². The van der Waals surface area contributed by atoms with Crippen LogP contribution in [0.15, 0.2) is 0 Å². The van der Waals surface area contributed by atoms with Crippen LogP contribution in [0.2, 0.25) is 0 Å². The fourth-order valence-electron chi connectivity index (χ4n) is 3.20. The Kier molecular flexibility index (Phi) is 6.27. The summed E-state index contributed by atoms with van der Waals surface area (Å²) in [5.41, 5.74) is 5.63. The molecular formula is C14H25ClN2O3. The molecule has 0 heterocycles. The normalized spacial score (nSPS) is 27.1. The quantitative estimate of drug-likeness (QED) is 0.755. The van der Waals surface area contributed by atoms with Gasteiger partial charge in [0.2, 0.25) is 5.91 Å². The zero-order chi connectivity index (χ0) is 13.9. The maximum absolute atomic E-state index is 12.1. The predicted octanol–water partition coefficient (Wildman–Crippen LogP) is 1.53. The Morgan fingerprint density at radius 3 is 2.45 bits per heavy atom. The molecule has 3 N–H and O–H groups in total. The van der Waals surface area contributed by atoms with Gasteiger partial charge < -0.3 is 15.8 Å². The molecule has 6 heteroatoms. The van der Waals surface area contributed by atoms with E-state index in [-0.39, 0.29) is 42.3 Å². The molecular weight excluding hydrogens is 280 g/mol. The molecule has 2 rings (SSSR count). The first-order valence-corrected chi connectivity index (χ1v) is 7.18. The third-order valence-corrected chi connectivity index (χ3v) is 4.59. The van der Waals surface area contributed by atoms with E-state index in [9.17, 15) is 9.59 Å². The summed E-state index contributed by atoms with van der Waals surface area (Å²) in [5.74, 6) is 0.0822. The highest BCUT2D eigenvalue weighted by atomic mass is 35.5. The average Bonchev–Trinajstić information content (AvgIpc) is 2.72. The van der Waals surface area contributed by atoms with Crippen molar-refractivity contribution in [3.8, 4) is 0 Å². The topological polar surface area (TPSA) is 81.4 Å². The molecule has 2 fully saturated rings. The highest BCUT2D eigenvalue weighted by Crippen LogP contribution is 2.36. The third kappa shape index (κ3) is 4.09. The second-order valence-electron chi connectivity index (χ2n) is 5.99. The van der Waals surface area contributed by atoms with E-state index in [2.05, 4.69) is 5.32 Å². The Morgan fingerprint density at radius 1 is 1.30 bits per heavy atom. The number of halogens is 1. The number of ether oxygens (including phenoxy) is 1. The lowest BCUT2D eigenvalue weighted by molar-refractivity contribution is -0.144. The highest BCUT2D eigenvalue weighted by Gasteiger charge is 2.41. The van der Waals surface area contributed by atoms with Gasteiger partial charge in [-0.25, -0.2) is 0 Å². The Morgan fingerprint density at radius 2 is 2.00 bits per heavy atom. The summed E-state index contributed by atoms with van der Waals surface area (Å²) in [4.78, 5) is 23.5. The first kappa shape index (κ1) is 17.2. The Labute approximate surface area is 126 Å². The molecule has 2 saturated carbocycles. The van der Waals surface area contributed by atoms with Gasteiger partial charge in [0.1, 0.15) is 0 Å². The lowest BCUT2D eigenvalue weighted by Crippen LogP contribution is -2.55. The molecule has 0 radical (unpaired) electrons.